The van der Waals surface area contributed by atoms with Gasteiger partial charge >= 0.3 is 5.97 Å². The van der Waals surface area contributed by atoms with Gasteiger partial charge in [-0.1, -0.05) is 66.2 Å². The van der Waals surface area contributed by atoms with E-state index in [1.807, 2.05) is 96.1 Å². The monoisotopic (exact) mass is 557 g/mol. The van der Waals surface area contributed by atoms with Crippen LogP contribution in [0, 0.1) is 20.8 Å². The van der Waals surface area contributed by atoms with E-state index in [4.69, 9.17) is 4.74 Å². The minimum Gasteiger partial charge on any atom is -0.479 e. The molecule has 40 heavy (non-hydrogen) atoms. The van der Waals surface area contributed by atoms with Crippen molar-refractivity contribution in [2.45, 2.75) is 59.8 Å². The van der Waals surface area contributed by atoms with E-state index in [0.717, 1.165) is 49.7 Å². The number of nitrogens with zero attached hydrogens (tertiary/aromatic N) is 1. The summed E-state index contributed by atoms with van der Waals surface area (Å²) < 4.78 is 34.2. The molecule has 208 valence electrons. The Morgan fingerprint density at radius 3 is 2.15 bits per heavy atom. The van der Waals surface area contributed by atoms with Gasteiger partial charge in [0, 0.05) is 11.1 Å². The maximum Gasteiger partial charge on any atom is 0.337 e. The Balaban J connectivity index is 2.00. The van der Waals surface area contributed by atoms with Crippen LogP contribution in [0.2, 0.25) is 0 Å². The Morgan fingerprint density at radius 2 is 1.55 bits per heavy atom. The second-order valence-corrected chi connectivity index (χ2v) is 13.6. The molecule has 6 nitrogen and oxygen atoms in total. The molecule has 1 N–H and O–H groups in total. The van der Waals surface area contributed by atoms with Gasteiger partial charge in [0.15, 0.2) is 6.10 Å². The third-order valence-electron chi connectivity index (χ3n) is 7.54. The molecule has 7 heteroatoms. The Bertz CT molecular complexity index is 1770. The topological polar surface area (TPSA) is 83.9 Å². The number of hydrogen-bond donors (Lipinski definition) is 1. The van der Waals surface area contributed by atoms with Gasteiger partial charge in [-0.25, -0.2) is 13.2 Å². The average molecular weight is 558 g/mol. The van der Waals surface area contributed by atoms with Crippen LogP contribution in [0.1, 0.15) is 54.7 Å². The van der Waals surface area contributed by atoms with Crippen molar-refractivity contribution in [2.24, 2.45) is 0 Å². The molecular formula is C33H35NO5S. The maximum atomic E-state index is 13.3. The lowest BCUT2D eigenvalue weighted by atomic mass is 9.79. The first-order valence-electron chi connectivity index (χ1n) is 13.3. The molecule has 1 heterocycles. The number of benzene rings is 4. The zero-order chi connectivity index (χ0) is 29.1. The zero-order valence-electron chi connectivity index (χ0n) is 24.0. The van der Waals surface area contributed by atoms with Crippen LogP contribution in [0.4, 0.5) is 5.69 Å². The van der Waals surface area contributed by atoms with Crippen LogP contribution in [0.15, 0.2) is 60.7 Å². The predicted octanol–water partition coefficient (Wildman–Crippen LogP) is 7.32. The number of ether oxygens (including phenoxy) is 1. The largest absolute Gasteiger partial charge is 0.479 e. The first-order valence-corrected chi connectivity index (χ1v) is 15.2. The van der Waals surface area contributed by atoms with E-state index in [0.29, 0.717) is 16.8 Å². The van der Waals surface area contributed by atoms with E-state index in [-0.39, 0.29) is 6.54 Å². The molecule has 4 aromatic rings. The van der Waals surface area contributed by atoms with E-state index in [1.54, 1.807) is 0 Å². The first kappa shape index (κ1) is 27.9. The molecule has 0 aliphatic carbocycles. The summed E-state index contributed by atoms with van der Waals surface area (Å²) in [6, 6.07) is 20.1. The highest BCUT2D eigenvalue weighted by Gasteiger charge is 2.38. The number of fused-ring (bicyclic) bond motifs is 5. The number of carbonyl (C=O) groups is 1. The van der Waals surface area contributed by atoms with Crippen LogP contribution in [0.5, 0.6) is 0 Å². The summed E-state index contributed by atoms with van der Waals surface area (Å²) in [5.41, 5.74) is 7.00. The summed E-state index contributed by atoms with van der Waals surface area (Å²) in [4.78, 5) is 12.8. The van der Waals surface area contributed by atoms with Crippen LogP contribution in [0.25, 0.3) is 33.0 Å². The molecule has 1 aliphatic rings. The van der Waals surface area contributed by atoms with Gasteiger partial charge in [-0.2, -0.15) is 0 Å². The Kier molecular flexibility index (Phi) is 6.79. The molecular weight excluding hydrogens is 522 g/mol. The molecule has 4 aromatic carbocycles. The predicted molar refractivity (Wildman–Crippen MR) is 161 cm³/mol. The number of rotatable bonds is 5. The van der Waals surface area contributed by atoms with E-state index >= 15 is 0 Å². The molecule has 0 radical (unpaired) electrons. The van der Waals surface area contributed by atoms with E-state index < -0.39 is 27.7 Å². The lowest BCUT2D eigenvalue weighted by Crippen LogP contribution is -2.34. The maximum absolute atomic E-state index is 13.3. The molecule has 0 aromatic heterocycles. The van der Waals surface area contributed by atoms with Gasteiger partial charge in [0.05, 0.1) is 24.1 Å². The van der Waals surface area contributed by atoms with Gasteiger partial charge < -0.3 is 9.84 Å². The number of anilines is 1. The standard InChI is InChI=1S/C33H35NO5S/c1-19-12-14-23(15-13-19)26-20(2)27-29-24(17-16-22-10-8-9-11-25(22)29)18-34(40(7,37)38)30(27)21(3)28(26)31(32(35)36)39-33(4,5)6/h8-17,31H,18H2,1-7H3,(H,35,36)/t31-/m0/s1. The lowest BCUT2D eigenvalue weighted by Gasteiger charge is -2.37. The van der Waals surface area contributed by atoms with Crippen molar-refractivity contribution in [1.29, 1.82) is 0 Å². The van der Waals surface area contributed by atoms with Crippen molar-refractivity contribution < 1.29 is 23.1 Å². The quantitative estimate of drug-likeness (QED) is 0.278. The summed E-state index contributed by atoms with van der Waals surface area (Å²) in [5.74, 6) is -1.13. The molecule has 5 rings (SSSR count). The van der Waals surface area contributed by atoms with Crippen molar-refractivity contribution in [3.63, 3.8) is 0 Å². The van der Waals surface area contributed by atoms with Crippen LogP contribution in [-0.4, -0.2) is 31.4 Å². The van der Waals surface area contributed by atoms with E-state index in [2.05, 4.69) is 6.07 Å². The lowest BCUT2D eigenvalue weighted by molar-refractivity contribution is -0.160. The number of aliphatic carboxylic acids is 1. The Labute approximate surface area is 236 Å². The summed E-state index contributed by atoms with van der Waals surface area (Å²) in [6.07, 6.45) is -0.110. The zero-order valence-corrected chi connectivity index (χ0v) is 24.8. The Morgan fingerprint density at radius 1 is 0.900 bits per heavy atom. The van der Waals surface area contributed by atoms with Crippen molar-refractivity contribution >= 4 is 32.5 Å². The number of carboxylic acid groups (broad SMARTS) is 1. The minimum atomic E-state index is -3.71. The van der Waals surface area contributed by atoms with Gasteiger partial charge in [0.1, 0.15) is 0 Å². The van der Waals surface area contributed by atoms with E-state index in [9.17, 15) is 18.3 Å². The molecule has 0 saturated carbocycles. The summed E-state index contributed by atoms with van der Waals surface area (Å²) in [6.45, 7) is 11.4. The van der Waals surface area contributed by atoms with Gasteiger partial charge in [-0.15, -0.1) is 0 Å². The fraction of sp³-hybridized carbons (Fsp3) is 0.303. The number of hydrogen-bond acceptors (Lipinski definition) is 4. The molecule has 0 fully saturated rings. The van der Waals surface area contributed by atoms with Gasteiger partial charge in [-0.3, -0.25) is 4.31 Å². The Hall–Kier alpha value is -3.68. The minimum absolute atomic E-state index is 0.160. The molecule has 1 aliphatic heterocycles. The third-order valence-corrected chi connectivity index (χ3v) is 8.65. The highest BCUT2D eigenvalue weighted by Crippen LogP contribution is 2.53. The van der Waals surface area contributed by atoms with Gasteiger partial charge in [0.2, 0.25) is 10.0 Å². The summed E-state index contributed by atoms with van der Waals surface area (Å²) >= 11 is 0. The fourth-order valence-electron chi connectivity index (χ4n) is 5.89. The van der Waals surface area contributed by atoms with E-state index in [1.165, 1.54) is 10.6 Å². The first-order chi connectivity index (χ1) is 18.7. The van der Waals surface area contributed by atoms with Gasteiger partial charge in [0.25, 0.3) is 0 Å². The number of sulfonamides is 1. The third kappa shape index (κ3) is 4.78. The van der Waals surface area contributed by atoms with Crippen molar-refractivity contribution in [1.82, 2.24) is 0 Å². The second-order valence-electron chi connectivity index (χ2n) is 11.7. The van der Waals surface area contributed by atoms with Crippen LogP contribution < -0.4 is 4.31 Å². The SMILES string of the molecule is Cc1ccc(-c2c(C)c3c(c(C)c2[C@H](OC(C)(C)C)C(=O)O)N(S(C)(=O)=O)Cc2ccc4ccccc4c2-3)cc1. The molecule has 1 atom stereocenters. The molecule has 0 spiro atoms. The fourth-order valence-corrected chi connectivity index (χ4v) is 6.83. The molecule has 0 saturated heterocycles. The number of aryl methyl sites for hydroxylation is 1. The van der Waals surface area contributed by atoms with Crippen LogP contribution >= 0.6 is 0 Å². The highest BCUT2D eigenvalue weighted by molar-refractivity contribution is 7.92. The molecule has 0 bridgehead atoms. The smallest absolute Gasteiger partial charge is 0.337 e. The van der Waals surface area contributed by atoms with Crippen LogP contribution in [-0.2, 0) is 26.1 Å². The normalized spacial score (nSPS) is 14.1. The summed E-state index contributed by atoms with van der Waals surface area (Å²) in [7, 11) is -3.71. The van der Waals surface area contributed by atoms with Crippen molar-refractivity contribution in [2.75, 3.05) is 10.6 Å². The average Bonchev–Trinajstić information content (AvgIpc) is 2.87. The van der Waals surface area contributed by atoms with Crippen LogP contribution in [0.3, 0.4) is 0 Å². The second kappa shape index (κ2) is 9.75. The number of carboxylic acids is 1. The van der Waals surface area contributed by atoms with Crippen molar-refractivity contribution in [3.8, 4) is 22.3 Å². The summed E-state index contributed by atoms with van der Waals surface area (Å²) in [5, 5.41) is 12.6. The molecule has 0 unspecified atom stereocenters. The van der Waals surface area contributed by atoms with Gasteiger partial charge in [-0.05, 0) is 85.7 Å². The molecule has 0 amide bonds. The van der Waals surface area contributed by atoms with Crippen molar-refractivity contribution in [3.05, 3.63) is 88.5 Å². The highest BCUT2D eigenvalue weighted by atomic mass is 32.2.